The molecule has 1 aliphatic heterocycles. The number of halogens is 2. The van der Waals surface area contributed by atoms with Crippen LogP contribution >= 0.6 is 11.6 Å². The minimum atomic E-state index is -0.360. The molecule has 1 N–H and O–H groups in total. The lowest BCUT2D eigenvalue weighted by atomic mass is 10.3. The Balaban J connectivity index is 1.81. The molecule has 2 aromatic rings. The van der Waals surface area contributed by atoms with Gasteiger partial charge in [0.2, 0.25) is 0 Å². The molecular weight excluding hydrogens is 279 g/mol. The number of anilines is 3. The second-order valence-electron chi connectivity index (χ2n) is 4.70. The highest BCUT2D eigenvalue weighted by atomic mass is 35.5. The summed E-state index contributed by atoms with van der Waals surface area (Å²) < 4.78 is 13.0. The lowest BCUT2D eigenvalue weighted by Gasteiger charge is -2.16. The predicted molar refractivity (Wildman–Crippen MR) is 78.2 cm³/mol. The summed E-state index contributed by atoms with van der Waals surface area (Å²) in [7, 11) is 0. The van der Waals surface area contributed by atoms with E-state index in [0.717, 1.165) is 18.9 Å². The largest absolute Gasteiger partial charge is 0.356 e. The first kappa shape index (κ1) is 13.1. The second-order valence-corrected chi connectivity index (χ2v) is 5.11. The zero-order valence-corrected chi connectivity index (χ0v) is 11.6. The molecule has 20 heavy (non-hydrogen) atoms. The third kappa shape index (κ3) is 2.82. The molecule has 4 nitrogen and oxygen atoms in total. The highest BCUT2D eigenvalue weighted by Gasteiger charge is 2.14. The number of nitrogens with zero attached hydrogens (tertiary/aromatic N) is 3. The molecule has 0 radical (unpaired) electrons. The van der Waals surface area contributed by atoms with Crippen LogP contribution in [0.4, 0.5) is 21.7 Å². The van der Waals surface area contributed by atoms with Gasteiger partial charge < -0.3 is 10.2 Å². The van der Waals surface area contributed by atoms with Gasteiger partial charge in [0, 0.05) is 19.2 Å². The topological polar surface area (TPSA) is 41.0 Å². The highest BCUT2D eigenvalue weighted by Crippen LogP contribution is 2.26. The molecule has 104 valence electrons. The van der Waals surface area contributed by atoms with Crippen molar-refractivity contribution in [2.45, 2.75) is 12.8 Å². The summed E-state index contributed by atoms with van der Waals surface area (Å²) >= 11 is 5.99. The first-order valence-electron chi connectivity index (χ1n) is 6.51. The molecule has 0 unspecified atom stereocenters. The smallest absolute Gasteiger partial charge is 0.135 e. The fourth-order valence-corrected chi connectivity index (χ4v) is 2.48. The summed E-state index contributed by atoms with van der Waals surface area (Å²) in [5, 5.41) is 3.41. The van der Waals surface area contributed by atoms with Crippen molar-refractivity contribution in [3.63, 3.8) is 0 Å². The summed E-state index contributed by atoms with van der Waals surface area (Å²) in [6, 6.07) is 6.10. The van der Waals surface area contributed by atoms with Gasteiger partial charge in [-0.3, -0.25) is 0 Å². The van der Waals surface area contributed by atoms with Gasteiger partial charge in [-0.2, -0.15) is 0 Å². The quantitative estimate of drug-likeness (QED) is 0.938. The van der Waals surface area contributed by atoms with E-state index < -0.39 is 0 Å². The van der Waals surface area contributed by atoms with Crippen LogP contribution in [0, 0.1) is 5.82 Å². The van der Waals surface area contributed by atoms with Crippen LogP contribution < -0.4 is 10.2 Å². The van der Waals surface area contributed by atoms with E-state index in [-0.39, 0.29) is 5.82 Å². The van der Waals surface area contributed by atoms with Crippen LogP contribution in [-0.2, 0) is 0 Å². The van der Waals surface area contributed by atoms with E-state index in [1.54, 1.807) is 6.07 Å². The minimum absolute atomic E-state index is 0.325. The fraction of sp³-hybridized carbons (Fsp3) is 0.286. The van der Waals surface area contributed by atoms with Gasteiger partial charge in [-0.1, -0.05) is 11.6 Å². The molecule has 6 heteroatoms. The van der Waals surface area contributed by atoms with Crippen molar-refractivity contribution in [2.75, 3.05) is 23.3 Å². The standard InChI is InChI=1S/C14H14ClFN4/c15-11-7-10(16)3-4-12(11)19-13-8-14(18-9-17-13)20-5-1-2-6-20/h3-4,7-9H,1-2,5-6H2,(H,17,18,19). The Morgan fingerprint density at radius 2 is 1.95 bits per heavy atom. The molecule has 1 aliphatic rings. The minimum Gasteiger partial charge on any atom is -0.356 e. The van der Waals surface area contributed by atoms with Crippen molar-refractivity contribution in [3.05, 3.63) is 41.4 Å². The van der Waals surface area contributed by atoms with Crippen molar-refractivity contribution in [1.29, 1.82) is 0 Å². The first-order chi connectivity index (χ1) is 9.72. The SMILES string of the molecule is Fc1ccc(Nc2cc(N3CCCC3)ncn2)c(Cl)c1. The van der Waals surface area contributed by atoms with E-state index in [9.17, 15) is 4.39 Å². The maximum absolute atomic E-state index is 13.0. The number of nitrogens with one attached hydrogen (secondary N) is 1. The Labute approximate surface area is 121 Å². The molecule has 1 saturated heterocycles. The molecule has 0 spiro atoms. The van der Waals surface area contributed by atoms with E-state index in [4.69, 9.17) is 11.6 Å². The van der Waals surface area contributed by atoms with Gasteiger partial charge in [0.05, 0.1) is 10.7 Å². The summed E-state index contributed by atoms with van der Waals surface area (Å²) in [5.41, 5.74) is 0.624. The average molecular weight is 293 g/mol. The molecule has 3 rings (SSSR count). The van der Waals surface area contributed by atoms with Gasteiger partial charge in [0.1, 0.15) is 23.8 Å². The summed E-state index contributed by atoms with van der Waals surface area (Å²) in [6.07, 6.45) is 3.90. The van der Waals surface area contributed by atoms with Crippen molar-refractivity contribution >= 4 is 28.9 Å². The third-order valence-corrected chi connectivity index (χ3v) is 3.59. The van der Waals surface area contributed by atoms with Crippen LogP contribution in [0.3, 0.4) is 0 Å². The zero-order valence-electron chi connectivity index (χ0n) is 10.8. The fourth-order valence-electron chi connectivity index (χ4n) is 2.26. The van der Waals surface area contributed by atoms with Crippen molar-refractivity contribution in [3.8, 4) is 0 Å². The monoisotopic (exact) mass is 292 g/mol. The molecule has 0 saturated carbocycles. The molecule has 0 atom stereocenters. The summed E-state index contributed by atoms with van der Waals surface area (Å²) in [5.74, 6) is 1.19. The van der Waals surface area contributed by atoms with E-state index in [2.05, 4.69) is 20.2 Å². The maximum atomic E-state index is 13.0. The number of rotatable bonds is 3. The van der Waals surface area contributed by atoms with E-state index in [1.807, 2.05) is 6.07 Å². The molecule has 2 heterocycles. The lowest BCUT2D eigenvalue weighted by Crippen LogP contribution is -2.19. The Morgan fingerprint density at radius 3 is 2.70 bits per heavy atom. The maximum Gasteiger partial charge on any atom is 0.135 e. The summed E-state index contributed by atoms with van der Waals surface area (Å²) in [6.45, 7) is 2.04. The number of benzene rings is 1. The Hall–Kier alpha value is -1.88. The number of hydrogen-bond acceptors (Lipinski definition) is 4. The van der Waals surface area contributed by atoms with Gasteiger partial charge in [-0.25, -0.2) is 14.4 Å². The van der Waals surface area contributed by atoms with E-state index >= 15 is 0 Å². The van der Waals surface area contributed by atoms with Gasteiger partial charge >= 0.3 is 0 Å². The molecule has 0 aliphatic carbocycles. The Bertz CT molecular complexity index is 614. The molecule has 0 amide bonds. The molecule has 0 bridgehead atoms. The van der Waals surface area contributed by atoms with Gasteiger partial charge in [-0.15, -0.1) is 0 Å². The Morgan fingerprint density at radius 1 is 1.15 bits per heavy atom. The molecule has 1 aromatic carbocycles. The third-order valence-electron chi connectivity index (χ3n) is 3.28. The highest BCUT2D eigenvalue weighted by molar-refractivity contribution is 6.33. The van der Waals surface area contributed by atoms with E-state index in [1.165, 1.54) is 31.3 Å². The van der Waals surface area contributed by atoms with Crippen molar-refractivity contribution in [1.82, 2.24) is 9.97 Å². The summed E-state index contributed by atoms with van der Waals surface area (Å²) in [4.78, 5) is 10.7. The van der Waals surface area contributed by atoms with E-state index in [0.29, 0.717) is 16.5 Å². The van der Waals surface area contributed by atoms with Gasteiger partial charge in [0.15, 0.2) is 0 Å². The van der Waals surface area contributed by atoms with Crippen LogP contribution in [-0.4, -0.2) is 23.1 Å². The number of hydrogen-bond donors (Lipinski definition) is 1. The van der Waals surface area contributed by atoms with Crippen molar-refractivity contribution < 1.29 is 4.39 Å². The predicted octanol–water partition coefficient (Wildman–Crippen LogP) is 3.61. The molecule has 1 fully saturated rings. The van der Waals surface area contributed by atoms with Crippen LogP contribution in [0.25, 0.3) is 0 Å². The van der Waals surface area contributed by atoms with Crippen LogP contribution in [0.1, 0.15) is 12.8 Å². The number of aromatic nitrogens is 2. The van der Waals surface area contributed by atoms with Crippen LogP contribution in [0.2, 0.25) is 5.02 Å². The molecule has 1 aromatic heterocycles. The normalized spacial score (nSPS) is 14.6. The first-order valence-corrected chi connectivity index (χ1v) is 6.89. The zero-order chi connectivity index (χ0) is 13.9. The van der Waals surface area contributed by atoms with Crippen molar-refractivity contribution in [2.24, 2.45) is 0 Å². The van der Waals surface area contributed by atoms with Gasteiger partial charge in [0.25, 0.3) is 0 Å². The second kappa shape index (κ2) is 5.63. The molecular formula is C14H14ClFN4. The average Bonchev–Trinajstić information content (AvgIpc) is 2.96. The van der Waals surface area contributed by atoms with Crippen LogP contribution in [0.5, 0.6) is 0 Å². The van der Waals surface area contributed by atoms with Crippen LogP contribution in [0.15, 0.2) is 30.6 Å². The van der Waals surface area contributed by atoms with Gasteiger partial charge in [-0.05, 0) is 31.0 Å². The Kier molecular flexibility index (Phi) is 3.69. The lowest BCUT2D eigenvalue weighted by molar-refractivity contribution is 0.628.